The number of rotatable bonds is 6. The Morgan fingerprint density at radius 3 is 2.39 bits per heavy atom. The number of carboxylic acid groups (broad SMARTS) is 1. The van der Waals surface area contributed by atoms with Gasteiger partial charge in [0.1, 0.15) is 17.2 Å². The van der Waals surface area contributed by atoms with Gasteiger partial charge in [0.15, 0.2) is 0 Å². The summed E-state index contributed by atoms with van der Waals surface area (Å²) in [6.45, 7) is 3.59. The summed E-state index contributed by atoms with van der Waals surface area (Å²) in [5.41, 5.74) is 2.33. The fourth-order valence-electron chi connectivity index (χ4n) is 3.38. The zero-order valence-electron chi connectivity index (χ0n) is 16.8. The Bertz CT molecular complexity index is 1290. The van der Waals surface area contributed by atoms with Crippen molar-refractivity contribution >= 4 is 33.9 Å². The molecule has 0 bridgehead atoms. The van der Waals surface area contributed by atoms with Crippen LogP contribution in [0.2, 0.25) is 5.02 Å². The number of hydrogen-bond acceptors (Lipinski definition) is 3. The first-order valence-corrected chi connectivity index (χ1v) is 9.92. The van der Waals surface area contributed by atoms with E-state index in [-0.39, 0.29) is 5.57 Å². The van der Waals surface area contributed by atoms with Gasteiger partial charge in [-0.25, -0.2) is 4.79 Å². The van der Waals surface area contributed by atoms with Crippen LogP contribution >= 0.6 is 11.6 Å². The van der Waals surface area contributed by atoms with E-state index in [1.807, 2.05) is 54.6 Å². The quantitative estimate of drug-likeness (QED) is 0.333. The van der Waals surface area contributed by atoms with Gasteiger partial charge in [0.05, 0.1) is 17.7 Å². The molecule has 0 amide bonds. The zero-order chi connectivity index (χ0) is 22.0. The van der Waals surface area contributed by atoms with Crippen molar-refractivity contribution in [2.45, 2.75) is 0 Å². The van der Waals surface area contributed by atoms with E-state index < -0.39 is 5.97 Å². The third kappa shape index (κ3) is 4.11. The van der Waals surface area contributed by atoms with Gasteiger partial charge in [-0.15, -0.1) is 0 Å². The van der Waals surface area contributed by atoms with E-state index >= 15 is 0 Å². The summed E-state index contributed by atoms with van der Waals surface area (Å²) in [5.74, 6) is 0.813. The molecule has 31 heavy (non-hydrogen) atoms. The molecular formula is C26H19ClO4. The predicted octanol–water partition coefficient (Wildman–Crippen LogP) is 7.06. The first-order valence-electron chi connectivity index (χ1n) is 9.54. The Balaban J connectivity index is 1.80. The smallest absolute Gasteiger partial charge is 0.335 e. The monoisotopic (exact) mass is 430 g/mol. The highest BCUT2D eigenvalue weighted by Gasteiger charge is 2.14. The first kappa shape index (κ1) is 20.5. The average Bonchev–Trinajstić information content (AvgIpc) is 2.79. The molecule has 4 aromatic rings. The topological polar surface area (TPSA) is 55.8 Å². The van der Waals surface area contributed by atoms with Gasteiger partial charge in [0.2, 0.25) is 0 Å². The zero-order valence-corrected chi connectivity index (χ0v) is 17.5. The van der Waals surface area contributed by atoms with Crippen LogP contribution in [0.1, 0.15) is 5.56 Å². The molecule has 4 nitrogen and oxygen atoms in total. The van der Waals surface area contributed by atoms with E-state index in [0.29, 0.717) is 27.8 Å². The van der Waals surface area contributed by atoms with Crippen LogP contribution in [0.5, 0.6) is 17.2 Å². The number of hydrogen-bond donors (Lipinski definition) is 1. The third-order valence-electron chi connectivity index (χ3n) is 5.02. The molecule has 0 aliphatic heterocycles. The van der Waals surface area contributed by atoms with Gasteiger partial charge in [-0.2, -0.15) is 0 Å². The van der Waals surface area contributed by atoms with Gasteiger partial charge in [0, 0.05) is 10.9 Å². The van der Waals surface area contributed by atoms with Crippen molar-refractivity contribution in [1.29, 1.82) is 0 Å². The molecule has 0 atom stereocenters. The number of fused-ring (bicyclic) bond motifs is 1. The summed E-state index contributed by atoms with van der Waals surface area (Å²) >= 11 is 6.36. The van der Waals surface area contributed by atoms with Gasteiger partial charge in [-0.05, 0) is 46.8 Å². The average molecular weight is 431 g/mol. The minimum atomic E-state index is -1.05. The van der Waals surface area contributed by atoms with Crippen LogP contribution in [-0.4, -0.2) is 18.2 Å². The lowest BCUT2D eigenvalue weighted by molar-refractivity contribution is -0.130. The van der Waals surface area contributed by atoms with Crippen molar-refractivity contribution in [3.8, 4) is 28.4 Å². The number of aliphatic carboxylic acids is 1. The minimum absolute atomic E-state index is 0.0327. The number of ether oxygens (including phenoxy) is 2. The maximum atomic E-state index is 11.1. The van der Waals surface area contributed by atoms with E-state index in [1.54, 1.807) is 31.4 Å². The second-order valence-electron chi connectivity index (χ2n) is 6.92. The number of halogens is 1. The van der Waals surface area contributed by atoms with Crippen molar-refractivity contribution in [3.63, 3.8) is 0 Å². The van der Waals surface area contributed by atoms with E-state index in [4.69, 9.17) is 26.2 Å². The predicted molar refractivity (Wildman–Crippen MR) is 124 cm³/mol. The van der Waals surface area contributed by atoms with Crippen molar-refractivity contribution in [2.75, 3.05) is 7.11 Å². The Labute approximate surface area is 184 Å². The molecule has 5 heteroatoms. The summed E-state index contributed by atoms with van der Waals surface area (Å²) in [7, 11) is 1.58. The van der Waals surface area contributed by atoms with E-state index in [1.165, 1.54) is 0 Å². The molecule has 0 fully saturated rings. The molecule has 0 saturated heterocycles. The third-order valence-corrected chi connectivity index (χ3v) is 5.32. The Hall–Kier alpha value is -3.76. The molecule has 0 radical (unpaired) electrons. The fourth-order valence-corrected chi connectivity index (χ4v) is 3.64. The van der Waals surface area contributed by atoms with E-state index in [2.05, 4.69) is 6.58 Å². The summed E-state index contributed by atoms with van der Waals surface area (Å²) in [4.78, 5) is 11.1. The van der Waals surface area contributed by atoms with Crippen LogP contribution in [-0.2, 0) is 4.79 Å². The molecule has 0 unspecified atom stereocenters. The fraction of sp³-hybridized carbons (Fsp3) is 0.0385. The highest BCUT2D eigenvalue weighted by atomic mass is 35.5. The molecule has 0 saturated carbocycles. The standard InChI is InChI=1S/C26H19ClO4/c1-16(26(28)29)17-7-11-20(12-8-17)31-25-21-6-4-3-5-18(21)9-13-22(25)19-10-14-24(30-2)23(27)15-19/h3-15H,1H2,2H3,(H,28,29). The van der Waals surface area contributed by atoms with Crippen LogP contribution in [0.15, 0.2) is 85.4 Å². The summed E-state index contributed by atoms with van der Waals surface area (Å²) < 4.78 is 11.6. The molecular weight excluding hydrogens is 412 g/mol. The molecule has 4 aromatic carbocycles. The highest BCUT2D eigenvalue weighted by molar-refractivity contribution is 6.32. The maximum Gasteiger partial charge on any atom is 0.335 e. The maximum absolute atomic E-state index is 11.1. The highest BCUT2D eigenvalue weighted by Crippen LogP contribution is 2.41. The molecule has 0 aliphatic rings. The molecule has 0 heterocycles. The van der Waals surface area contributed by atoms with Crippen LogP contribution in [0.3, 0.4) is 0 Å². The second kappa shape index (κ2) is 8.54. The van der Waals surface area contributed by atoms with Gasteiger partial charge in [-0.1, -0.05) is 66.7 Å². The minimum Gasteiger partial charge on any atom is -0.495 e. The largest absolute Gasteiger partial charge is 0.495 e. The Kier molecular flexibility index (Phi) is 5.65. The van der Waals surface area contributed by atoms with Crippen LogP contribution in [0, 0.1) is 0 Å². The van der Waals surface area contributed by atoms with Gasteiger partial charge in [0.25, 0.3) is 0 Å². The first-order chi connectivity index (χ1) is 15.0. The van der Waals surface area contributed by atoms with Gasteiger partial charge < -0.3 is 14.6 Å². The summed E-state index contributed by atoms with van der Waals surface area (Å²) in [6, 6.07) is 24.4. The second-order valence-corrected chi connectivity index (χ2v) is 7.33. The molecule has 4 rings (SSSR count). The van der Waals surface area contributed by atoms with Crippen molar-refractivity contribution in [1.82, 2.24) is 0 Å². The lowest BCUT2D eigenvalue weighted by Crippen LogP contribution is -1.97. The number of carboxylic acids is 1. The molecule has 0 spiro atoms. The van der Waals surface area contributed by atoms with E-state index in [9.17, 15) is 4.79 Å². The summed E-state index contributed by atoms with van der Waals surface area (Å²) in [6.07, 6.45) is 0. The number of benzene rings is 4. The Morgan fingerprint density at radius 1 is 0.968 bits per heavy atom. The molecule has 1 N–H and O–H groups in total. The van der Waals surface area contributed by atoms with Crippen molar-refractivity contribution in [3.05, 3.63) is 96.0 Å². The van der Waals surface area contributed by atoms with Crippen molar-refractivity contribution < 1.29 is 19.4 Å². The van der Waals surface area contributed by atoms with E-state index in [0.717, 1.165) is 21.9 Å². The normalized spacial score (nSPS) is 10.6. The number of methoxy groups -OCH3 is 1. The molecule has 0 aromatic heterocycles. The number of carbonyl (C=O) groups is 1. The summed E-state index contributed by atoms with van der Waals surface area (Å²) in [5, 5.41) is 11.6. The molecule has 0 aliphatic carbocycles. The lowest BCUT2D eigenvalue weighted by Gasteiger charge is -2.16. The lowest BCUT2D eigenvalue weighted by atomic mass is 9.99. The molecule has 154 valence electrons. The van der Waals surface area contributed by atoms with Crippen molar-refractivity contribution in [2.24, 2.45) is 0 Å². The van der Waals surface area contributed by atoms with Crippen LogP contribution in [0.4, 0.5) is 0 Å². The van der Waals surface area contributed by atoms with Gasteiger partial charge >= 0.3 is 5.97 Å². The van der Waals surface area contributed by atoms with Crippen LogP contribution < -0.4 is 9.47 Å². The van der Waals surface area contributed by atoms with Crippen LogP contribution in [0.25, 0.3) is 27.5 Å². The van der Waals surface area contributed by atoms with Gasteiger partial charge in [-0.3, -0.25) is 0 Å². The SMILES string of the molecule is C=C(C(=O)O)c1ccc(Oc2c(-c3ccc(OC)c(Cl)c3)ccc3ccccc23)cc1. The Morgan fingerprint density at radius 2 is 1.71 bits per heavy atom.